The van der Waals surface area contributed by atoms with Gasteiger partial charge >= 0.3 is 0 Å². The summed E-state index contributed by atoms with van der Waals surface area (Å²) in [4.78, 5) is 11.0. The topological polar surface area (TPSA) is 46.5 Å². The molecule has 0 amide bonds. The molecule has 1 N–H and O–H groups in total. The summed E-state index contributed by atoms with van der Waals surface area (Å²) in [6.07, 6.45) is 1.80. The highest BCUT2D eigenvalue weighted by Crippen LogP contribution is 2.51. The summed E-state index contributed by atoms with van der Waals surface area (Å²) in [7, 11) is -1.25. The van der Waals surface area contributed by atoms with Crippen molar-refractivity contribution in [2.75, 3.05) is 0 Å². The van der Waals surface area contributed by atoms with Gasteiger partial charge in [-0.25, -0.2) is 0 Å². The zero-order valence-electron chi connectivity index (χ0n) is 19.9. The predicted octanol–water partition coefficient (Wildman–Crippen LogP) is 7.29. The molecule has 3 unspecified atom stereocenters. The van der Waals surface area contributed by atoms with Crippen molar-refractivity contribution in [1.82, 2.24) is 0 Å². The fourth-order valence-electron chi connectivity index (χ4n) is 4.43. The van der Waals surface area contributed by atoms with Crippen LogP contribution < -0.4 is 0 Å². The number of hydrogen-bond donors (Lipinski definition) is 1. The van der Waals surface area contributed by atoms with E-state index in [-0.39, 0.29) is 12.2 Å². The smallest absolute Gasteiger partial charge is 0.150 e. The van der Waals surface area contributed by atoms with Gasteiger partial charge in [-0.3, -0.25) is 4.79 Å². The summed E-state index contributed by atoms with van der Waals surface area (Å²) in [5.41, 5.74) is 10.0. The van der Waals surface area contributed by atoms with Crippen LogP contribution in [0.3, 0.4) is 0 Å². The molecule has 0 aromatic heterocycles. The summed E-state index contributed by atoms with van der Waals surface area (Å²) in [5, 5.41) is 10.3. The number of rotatable bonds is 6. The number of ether oxygens (including phenoxy) is 1. The standard InChI is InChI=1S/C16H22O2Si.C13H12O/c1-5-13(12-19(2,3)4)10-16(18)15-9-7-6-8-14(15)11-17;1-8-7-12-10-5-3-4-6-11(10)13(14-12)9(8)2/h6-9,11,16,18H,1,10,12H2,2-4H3;3-6,12-13H,1-2,7H2. The van der Waals surface area contributed by atoms with Gasteiger partial charge in [0.05, 0.1) is 12.2 Å². The lowest BCUT2D eigenvalue weighted by atomic mass is 9.98. The van der Waals surface area contributed by atoms with Crippen LogP contribution in [0, 0.1) is 0 Å². The van der Waals surface area contributed by atoms with Gasteiger partial charge in [0.15, 0.2) is 0 Å². The summed E-state index contributed by atoms with van der Waals surface area (Å²) in [5.74, 6) is 0. The number of aliphatic hydroxyl groups is 1. The Kier molecular flexibility index (Phi) is 7.88. The van der Waals surface area contributed by atoms with Gasteiger partial charge in [-0.1, -0.05) is 87.9 Å². The Morgan fingerprint density at radius 1 is 1.15 bits per heavy atom. The van der Waals surface area contributed by atoms with E-state index in [9.17, 15) is 9.90 Å². The van der Waals surface area contributed by atoms with Crippen LogP contribution in [0.15, 0.2) is 90.7 Å². The van der Waals surface area contributed by atoms with Crippen LogP contribution in [-0.2, 0) is 4.74 Å². The highest BCUT2D eigenvalue weighted by atomic mass is 28.3. The fraction of sp³-hybridized carbons (Fsp3) is 0.310. The Morgan fingerprint density at radius 3 is 2.42 bits per heavy atom. The SMILES string of the molecule is C=C1CC2OC(C1=C)c1ccccc12.C=C=C(CC(O)c1ccccc1C=O)C[Si](C)(C)C. The molecule has 172 valence electrons. The van der Waals surface area contributed by atoms with E-state index in [1.807, 2.05) is 6.07 Å². The van der Waals surface area contributed by atoms with Gasteiger partial charge in [0.25, 0.3) is 0 Å². The highest BCUT2D eigenvalue weighted by Gasteiger charge is 2.38. The first-order valence-electron chi connectivity index (χ1n) is 11.4. The van der Waals surface area contributed by atoms with E-state index in [1.165, 1.54) is 11.1 Å². The molecule has 2 aromatic carbocycles. The lowest BCUT2D eigenvalue weighted by Crippen LogP contribution is -2.20. The van der Waals surface area contributed by atoms with Gasteiger partial charge in [-0.05, 0) is 39.5 Å². The fourth-order valence-corrected chi connectivity index (χ4v) is 5.98. The van der Waals surface area contributed by atoms with E-state index in [4.69, 9.17) is 4.74 Å². The van der Waals surface area contributed by atoms with E-state index in [0.717, 1.165) is 35.5 Å². The zero-order valence-corrected chi connectivity index (χ0v) is 20.9. The zero-order chi connectivity index (χ0) is 24.2. The van der Waals surface area contributed by atoms with Crippen LogP contribution in [0.4, 0.5) is 0 Å². The Hall–Kier alpha value is -2.75. The number of aliphatic hydroxyl groups excluding tert-OH is 1. The van der Waals surface area contributed by atoms with Crippen molar-refractivity contribution in [1.29, 1.82) is 0 Å². The first kappa shape index (κ1) is 24.9. The van der Waals surface area contributed by atoms with Crippen molar-refractivity contribution in [2.24, 2.45) is 0 Å². The van der Waals surface area contributed by atoms with Gasteiger partial charge in [0.2, 0.25) is 0 Å². The largest absolute Gasteiger partial charge is 0.388 e. The van der Waals surface area contributed by atoms with Gasteiger partial charge < -0.3 is 9.84 Å². The summed E-state index contributed by atoms with van der Waals surface area (Å²) < 4.78 is 5.89. The van der Waals surface area contributed by atoms with E-state index in [2.05, 4.69) is 69.4 Å². The maximum Gasteiger partial charge on any atom is 0.150 e. The third-order valence-corrected chi connectivity index (χ3v) is 7.53. The monoisotopic (exact) mass is 458 g/mol. The van der Waals surface area contributed by atoms with Gasteiger partial charge in [-0.2, -0.15) is 0 Å². The Labute approximate surface area is 198 Å². The highest BCUT2D eigenvalue weighted by molar-refractivity contribution is 6.76. The molecule has 0 saturated carbocycles. The summed E-state index contributed by atoms with van der Waals surface area (Å²) >= 11 is 0. The Balaban J connectivity index is 0.000000192. The van der Waals surface area contributed by atoms with Gasteiger partial charge in [-0.15, -0.1) is 5.73 Å². The molecule has 2 heterocycles. The molecule has 4 rings (SSSR count). The molecule has 4 heteroatoms. The number of benzene rings is 2. The Bertz CT molecular complexity index is 1100. The molecule has 0 aliphatic carbocycles. The maximum atomic E-state index is 11.0. The molecule has 2 bridgehead atoms. The van der Waals surface area contributed by atoms with Crippen LogP contribution in [0.25, 0.3) is 0 Å². The van der Waals surface area contributed by atoms with Crippen LogP contribution >= 0.6 is 0 Å². The number of aldehydes is 1. The van der Waals surface area contributed by atoms with E-state index >= 15 is 0 Å². The molecule has 2 aliphatic rings. The van der Waals surface area contributed by atoms with E-state index in [0.29, 0.717) is 17.5 Å². The normalized spacial score (nSPS) is 19.6. The van der Waals surface area contributed by atoms with Crippen molar-refractivity contribution in [2.45, 2.75) is 56.8 Å². The van der Waals surface area contributed by atoms with Crippen LogP contribution in [0.5, 0.6) is 0 Å². The number of hydrogen-bond acceptors (Lipinski definition) is 3. The van der Waals surface area contributed by atoms with Crippen LogP contribution in [0.2, 0.25) is 25.7 Å². The van der Waals surface area contributed by atoms with Crippen LogP contribution in [0.1, 0.15) is 58.2 Å². The molecular weight excluding hydrogens is 424 g/mol. The molecule has 2 aliphatic heterocycles. The third-order valence-electron chi connectivity index (χ3n) is 6.04. The first-order valence-corrected chi connectivity index (χ1v) is 15.1. The molecule has 2 aromatic rings. The average Bonchev–Trinajstić information content (AvgIpc) is 3.11. The van der Waals surface area contributed by atoms with Crippen molar-refractivity contribution in [3.8, 4) is 0 Å². The van der Waals surface area contributed by atoms with Crippen molar-refractivity contribution < 1.29 is 14.6 Å². The summed E-state index contributed by atoms with van der Waals surface area (Å²) in [6, 6.07) is 16.5. The van der Waals surface area contributed by atoms with Crippen molar-refractivity contribution >= 4 is 14.4 Å². The molecule has 33 heavy (non-hydrogen) atoms. The van der Waals surface area contributed by atoms with Crippen molar-refractivity contribution in [3.63, 3.8) is 0 Å². The van der Waals surface area contributed by atoms with Crippen molar-refractivity contribution in [3.05, 3.63) is 113 Å². The average molecular weight is 459 g/mol. The number of carbonyl (C=O) groups excluding carboxylic acids is 1. The van der Waals surface area contributed by atoms with Crippen LogP contribution in [-0.4, -0.2) is 19.5 Å². The number of fused-ring (bicyclic) bond motifs is 5. The predicted molar refractivity (Wildman–Crippen MR) is 138 cm³/mol. The number of carbonyl (C=O) groups is 1. The lowest BCUT2D eigenvalue weighted by Gasteiger charge is -2.24. The maximum absolute atomic E-state index is 11.0. The molecule has 3 atom stereocenters. The molecule has 0 radical (unpaired) electrons. The minimum atomic E-state index is -1.25. The van der Waals surface area contributed by atoms with Gasteiger partial charge in [0, 0.05) is 26.5 Å². The third kappa shape index (κ3) is 5.98. The summed E-state index contributed by atoms with van der Waals surface area (Å²) in [6.45, 7) is 18.6. The second-order valence-electron chi connectivity index (χ2n) is 9.95. The quantitative estimate of drug-likeness (QED) is 0.281. The minimum Gasteiger partial charge on any atom is -0.388 e. The molecule has 1 saturated heterocycles. The lowest BCUT2D eigenvalue weighted by molar-refractivity contribution is 0.0189. The molecule has 0 spiro atoms. The van der Waals surface area contributed by atoms with Gasteiger partial charge in [0.1, 0.15) is 12.4 Å². The minimum absolute atomic E-state index is 0.0671. The molecule has 3 nitrogen and oxygen atoms in total. The Morgan fingerprint density at radius 2 is 1.79 bits per heavy atom. The molecular formula is C29H34O3Si. The second-order valence-corrected chi connectivity index (χ2v) is 15.4. The second kappa shape index (κ2) is 10.5. The van der Waals surface area contributed by atoms with E-state index < -0.39 is 14.2 Å². The molecule has 1 fully saturated rings. The first-order chi connectivity index (χ1) is 15.6. The van der Waals surface area contributed by atoms with E-state index in [1.54, 1.807) is 18.2 Å².